The van der Waals surface area contributed by atoms with Crippen molar-refractivity contribution in [2.45, 2.75) is 5.41 Å². The number of rotatable bonds is 1. The van der Waals surface area contributed by atoms with Crippen LogP contribution >= 0.6 is 11.3 Å². The molecule has 0 amide bonds. The molecule has 0 radical (unpaired) electrons. The zero-order chi connectivity index (χ0) is 29.3. The van der Waals surface area contributed by atoms with Crippen molar-refractivity contribution in [3.05, 3.63) is 162 Å². The molecule has 1 spiro atoms. The third kappa shape index (κ3) is 2.82. The Morgan fingerprint density at radius 3 is 1.89 bits per heavy atom. The summed E-state index contributed by atoms with van der Waals surface area (Å²) >= 11 is 1.76. The van der Waals surface area contributed by atoms with Gasteiger partial charge >= 0.3 is 0 Å². The number of para-hydroxylation sites is 1. The highest BCUT2D eigenvalue weighted by molar-refractivity contribution is 7.25. The molecule has 3 heterocycles. The molecule has 0 saturated heterocycles. The van der Waals surface area contributed by atoms with E-state index < -0.39 is 0 Å². The zero-order valence-electron chi connectivity index (χ0n) is 24.0. The Morgan fingerprint density at radius 1 is 0.511 bits per heavy atom. The maximum Gasteiger partial charge on any atom is 0.116 e. The lowest BCUT2D eigenvalue weighted by Gasteiger charge is -2.30. The molecular formula is C41H23N3S. The second kappa shape index (κ2) is 8.32. The van der Waals surface area contributed by atoms with Crippen molar-refractivity contribution in [2.24, 2.45) is 0 Å². The van der Waals surface area contributed by atoms with Crippen molar-refractivity contribution in [1.82, 2.24) is 14.5 Å². The summed E-state index contributed by atoms with van der Waals surface area (Å²) in [4.78, 5) is 8.98. The average Bonchev–Trinajstić information content (AvgIpc) is 3.80. The molecule has 11 rings (SSSR count). The number of benzene rings is 6. The van der Waals surface area contributed by atoms with Crippen LogP contribution in [0.25, 0.3) is 70.0 Å². The van der Waals surface area contributed by atoms with E-state index in [1.165, 1.54) is 82.1 Å². The minimum absolute atomic E-state index is 0.373. The Hall–Kier alpha value is -5.58. The molecule has 0 unspecified atom stereocenters. The van der Waals surface area contributed by atoms with Gasteiger partial charge in [0.2, 0.25) is 0 Å². The minimum Gasteiger partial charge on any atom is -0.309 e. The summed E-state index contributed by atoms with van der Waals surface area (Å²) in [6.45, 7) is 0. The highest BCUT2D eigenvalue weighted by Crippen LogP contribution is 2.63. The van der Waals surface area contributed by atoms with E-state index in [0.717, 1.165) is 10.2 Å². The lowest BCUT2D eigenvalue weighted by Crippen LogP contribution is -2.26. The van der Waals surface area contributed by atoms with Crippen LogP contribution in [0.4, 0.5) is 0 Å². The van der Waals surface area contributed by atoms with E-state index in [1.807, 2.05) is 6.20 Å². The molecule has 2 aliphatic carbocycles. The average molecular weight is 590 g/mol. The zero-order valence-corrected chi connectivity index (χ0v) is 24.8. The first-order valence-electron chi connectivity index (χ1n) is 15.3. The smallest absolute Gasteiger partial charge is 0.116 e. The summed E-state index contributed by atoms with van der Waals surface area (Å²) < 4.78 is 4.81. The Balaban J connectivity index is 1.27. The van der Waals surface area contributed by atoms with Gasteiger partial charge in [-0.1, -0.05) is 97.1 Å². The van der Waals surface area contributed by atoms with Gasteiger partial charge in [0.1, 0.15) is 6.33 Å². The molecular weight excluding hydrogens is 567 g/mol. The number of aromatic nitrogens is 3. The van der Waals surface area contributed by atoms with Gasteiger partial charge in [-0.3, -0.25) is 0 Å². The molecule has 0 aliphatic heterocycles. The predicted octanol–water partition coefficient (Wildman–Crippen LogP) is 10.3. The molecule has 208 valence electrons. The van der Waals surface area contributed by atoms with Gasteiger partial charge in [0, 0.05) is 32.7 Å². The number of hydrogen-bond acceptors (Lipinski definition) is 3. The Labute approximate surface area is 262 Å². The van der Waals surface area contributed by atoms with Crippen molar-refractivity contribution in [3.63, 3.8) is 0 Å². The molecule has 6 aromatic carbocycles. The summed E-state index contributed by atoms with van der Waals surface area (Å²) in [5.74, 6) is 0. The number of thiophene rings is 1. The molecule has 3 aromatic heterocycles. The van der Waals surface area contributed by atoms with Gasteiger partial charge in [-0.2, -0.15) is 0 Å². The Kier molecular flexibility index (Phi) is 4.40. The van der Waals surface area contributed by atoms with Gasteiger partial charge < -0.3 is 4.57 Å². The summed E-state index contributed by atoms with van der Waals surface area (Å²) in [7, 11) is 0. The highest BCUT2D eigenvalue weighted by atomic mass is 32.1. The highest BCUT2D eigenvalue weighted by Gasteiger charge is 2.51. The lowest BCUT2D eigenvalue weighted by molar-refractivity contribution is 0.792. The molecule has 9 aromatic rings. The molecule has 0 atom stereocenters. The van der Waals surface area contributed by atoms with Crippen LogP contribution in [-0.4, -0.2) is 14.5 Å². The van der Waals surface area contributed by atoms with Crippen LogP contribution in [-0.2, 0) is 5.41 Å². The third-order valence-corrected chi connectivity index (χ3v) is 11.2. The first kappa shape index (κ1) is 23.8. The van der Waals surface area contributed by atoms with E-state index in [9.17, 15) is 0 Å². The molecule has 0 fully saturated rings. The van der Waals surface area contributed by atoms with Crippen molar-refractivity contribution in [1.29, 1.82) is 0 Å². The fraction of sp³-hybridized carbons (Fsp3) is 0.0244. The molecule has 0 bridgehead atoms. The second-order valence-electron chi connectivity index (χ2n) is 12.2. The van der Waals surface area contributed by atoms with E-state index in [1.54, 1.807) is 17.7 Å². The second-order valence-corrected chi connectivity index (χ2v) is 13.3. The normalized spacial score (nSPS) is 14.0. The van der Waals surface area contributed by atoms with E-state index in [0.29, 0.717) is 0 Å². The first-order chi connectivity index (χ1) is 22.3. The van der Waals surface area contributed by atoms with E-state index in [4.69, 9.17) is 0 Å². The fourth-order valence-corrected chi connectivity index (χ4v) is 9.53. The van der Waals surface area contributed by atoms with Crippen molar-refractivity contribution in [3.8, 4) is 27.9 Å². The first-order valence-corrected chi connectivity index (χ1v) is 16.1. The molecule has 4 heteroatoms. The van der Waals surface area contributed by atoms with Crippen LogP contribution in [0, 0.1) is 0 Å². The topological polar surface area (TPSA) is 30.7 Å². The maximum absolute atomic E-state index is 4.68. The van der Waals surface area contributed by atoms with Gasteiger partial charge in [-0.25, -0.2) is 9.97 Å². The van der Waals surface area contributed by atoms with E-state index >= 15 is 0 Å². The Bertz CT molecular complexity index is 2670. The predicted molar refractivity (Wildman–Crippen MR) is 186 cm³/mol. The summed E-state index contributed by atoms with van der Waals surface area (Å²) in [6.07, 6.45) is 3.59. The van der Waals surface area contributed by atoms with Crippen LogP contribution in [0.5, 0.6) is 0 Å². The quantitative estimate of drug-likeness (QED) is 0.191. The monoisotopic (exact) mass is 589 g/mol. The van der Waals surface area contributed by atoms with Crippen molar-refractivity contribution >= 4 is 53.4 Å². The maximum atomic E-state index is 4.68. The van der Waals surface area contributed by atoms with Gasteiger partial charge in [-0.15, -0.1) is 11.3 Å². The van der Waals surface area contributed by atoms with E-state index in [-0.39, 0.29) is 5.41 Å². The lowest BCUT2D eigenvalue weighted by atomic mass is 9.70. The van der Waals surface area contributed by atoms with Crippen molar-refractivity contribution in [2.75, 3.05) is 0 Å². The van der Waals surface area contributed by atoms with Crippen molar-refractivity contribution < 1.29 is 0 Å². The van der Waals surface area contributed by atoms with Gasteiger partial charge in [0.25, 0.3) is 0 Å². The summed E-state index contributed by atoms with van der Waals surface area (Å²) in [6, 6.07) is 47.6. The molecule has 45 heavy (non-hydrogen) atoms. The van der Waals surface area contributed by atoms with Crippen LogP contribution in [0.1, 0.15) is 22.3 Å². The largest absolute Gasteiger partial charge is 0.309 e. The van der Waals surface area contributed by atoms with E-state index in [2.05, 4.69) is 142 Å². The number of fused-ring (bicyclic) bond motifs is 16. The molecule has 3 nitrogen and oxygen atoms in total. The fourth-order valence-electron chi connectivity index (χ4n) is 8.48. The SMILES string of the molecule is c1ccc2c(c1)-c1ccccc1C21c2ccccc2-c2ccc(-n3c4ccccc4c4cc5sc6cncnc6c5cc43)cc21. The van der Waals surface area contributed by atoms with Crippen LogP contribution < -0.4 is 0 Å². The van der Waals surface area contributed by atoms with Crippen LogP contribution in [0.2, 0.25) is 0 Å². The van der Waals surface area contributed by atoms with Crippen LogP contribution in [0.15, 0.2) is 140 Å². The number of nitrogens with zero attached hydrogens (tertiary/aromatic N) is 3. The van der Waals surface area contributed by atoms with Gasteiger partial charge in [0.05, 0.1) is 26.7 Å². The molecule has 0 N–H and O–H groups in total. The standard InChI is InChI=1S/C41H23N3S/c1-5-13-32-25(9-1)26-10-2-6-14-33(26)41(32)34-15-7-3-11-27(34)28-18-17-24(19-35(28)41)44-36-16-8-4-12-29(36)30-21-38-31(20-37(30)44)40-39(45-38)22-42-23-43-40/h1-23H. The number of hydrogen-bond donors (Lipinski definition) is 0. The van der Waals surface area contributed by atoms with Crippen LogP contribution in [0.3, 0.4) is 0 Å². The van der Waals surface area contributed by atoms with Gasteiger partial charge in [0.15, 0.2) is 0 Å². The van der Waals surface area contributed by atoms with Gasteiger partial charge in [-0.05, 0) is 74.8 Å². The summed E-state index contributed by atoms with van der Waals surface area (Å²) in [5, 5.41) is 3.69. The minimum atomic E-state index is -0.373. The molecule has 0 saturated carbocycles. The summed E-state index contributed by atoms with van der Waals surface area (Å²) in [5.41, 5.74) is 14.9. The molecule has 2 aliphatic rings. The third-order valence-electron chi connectivity index (χ3n) is 10.2. The Morgan fingerprint density at radius 2 is 1.16 bits per heavy atom.